The number of carboxylic acid groups (broad SMARTS) is 1. The number of carbonyl (C=O) groups is 1. The Balaban J connectivity index is 2.28. The van der Waals surface area contributed by atoms with Crippen molar-refractivity contribution in [1.29, 1.82) is 0 Å². The van der Waals surface area contributed by atoms with E-state index in [0.717, 1.165) is 6.42 Å². The Morgan fingerprint density at radius 2 is 2.50 bits per heavy atom. The molecule has 3 N–H and O–H groups in total. The third kappa shape index (κ3) is 1.41. The molecule has 0 saturated heterocycles. The van der Waals surface area contributed by atoms with Crippen molar-refractivity contribution in [3.8, 4) is 6.01 Å². The van der Waals surface area contributed by atoms with Gasteiger partial charge in [0.05, 0.1) is 6.61 Å². The lowest BCUT2D eigenvalue weighted by Gasteiger charge is -2.11. The van der Waals surface area contributed by atoms with Crippen LogP contribution in [0.25, 0.3) is 0 Å². The summed E-state index contributed by atoms with van der Waals surface area (Å²) in [6, 6.07) is -0.834. The zero-order chi connectivity index (χ0) is 10.1. The summed E-state index contributed by atoms with van der Waals surface area (Å²) in [7, 11) is 0. The molecule has 14 heavy (non-hydrogen) atoms. The highest BCUT2D eigenvalue weighted by Crippen LogP contribution is 2.16. The lowest BCUT2D eigenvalue weighted by molar-refractivity contribution is -0.138. The maximum atomic E-state index is 10.6. The predicted octanol–water partition coefficient (Wildman–Crippen LogP) is -0.855. The van der Waals surface area contributed by atoms with Gasteiger partial charge in [-0.1, -0.05) is 0 Å². The third-order valence-electron chi connectivity index (χ3n) is 1.94. The molecule has 1 aromatic rings. The van der Waals surface area contributed by atoms with Gasteiger partial charge in [-0.2, -0.15) is 10.1 Å². The van der Waals surface area contributed by atoms with Crippen molar-refractivity contribution < 1.29 is 14.6 Å². The number of hydrogen-bond donors (Lipinski definition) is 2. The first-order chi connectivity index (χ1) is 6.68. The number of aliphatic carboxylic acids is 1. The van der Waals surface area contributed by atoms with Crippen molar-refractivity contribution in [1.82, 2.24) is 14.8 Å². The van der Waals surface area contributed by atoms with Gasteiger partial charge in [0.25, 0.3) is 0 Å². The Morgan fingerprint density at radius 3 is 3.14 bits per heavy atom. The molecular weight excluding hydrogens is 188 g/mol. The molecule has 0 aromatic carbocycles. The molecule has 1 aromatic heterocycles. The van der Waals surface area contributed by atoms with Crippen LogP contribution in [0, 0.1) is 0 Å². The van der Waals surface area contributed by atoms with E-state index in [4.69, 9.17) is 15.6 Å². The van der Waals surface area contributed by atoms with Gasteiger partial charge in [0.1, 0.15) is 0 Å². The van der Waals surface area contributed by atoms with E-state index >= 15 is 0 Å². The summed E-state index contributed by atoms with van der Waals surface area (Å²) in [5.41, 5.74) is 5.36. The first-order valence-electron chi connectivity index (χ1n) is 4.24. The number of ether oxygens (including phenoxy) is 1. The number of rotatable bonds is 2. The zero-order valence-electron chi connectivity index (χ0n) is 7.38. The highest BCUT2D eigenvalue weighted by molar-refractivity contribution is 5.73. The van der Waals surface area contributed by atoms with Crippen molar-refractivity contribution in [3.63, 3.8) is 0 Å². The molecule has 0 bridgehead atoms. The van der Waals surface area contributed by atoms with Gasteiger partial charge in [0.2, 0.25) is 0 Å². The lowest BCUT2D eigenvalue weighted by Crippen LogP contribution is -2.22. The van der Waals surface area contributed by atoms with Crippen LogP contribution in [-0.2, 0) is 11.3 Å². The van der Waals surface area contributed by atoms with E-state index in [1.807, 2.05) is 0 Å². The molecule has 0 fully saturated rings. The summed E-state index contributed by atoms with van der Waals surface area (Å²) in [5.74, 6) is -1.05. The van der Waals surface area contributed by atoms with Crippen LogP contribution in [0.5, 0.6) is 6.01 Å². The largest absolute Gasteiger partial charge is 0.480 e. The Bertz CT molecular complexity index is 338. The number of hydrogen-bond acceptors (Lipinski definition) is 5. The van der Waals surface area contributed by atoms with Gasteiger partial charge in [0.15, 0.2) is 11.9 Å². The molecule has 0 amide bonds. The number of carboxylic acids is 1. The Hall–Kier alpha value is -1.63. The molecule has 0 radical (unpaired) electrons. The summed E-state index contributed by atoms with van der Waals surface area (Å²) in [5, 5.41) is 12.6. The summed E-state index contributed by atoms with van der Waals surface area (Å²) < 4.78 is 6.70. The Morgan fingerprint density at radius 1 is 1.71 bits per heavy atom. The standard InChI is InChI=1S/C7H10N4O3/c8-4(6(12)13)5-9-7-11(10-5)2-1-3-14-7/h4H,1-3,8H2,(H,12,13). The highest BCUT2D eigenvalue weighted by atomic mass is 16.5. The van der Waals surface area contributed by atoms with Gasteiger partial charge in [-0.15, -0.1) is 0 Å². The van der Waals surface area contributed by atoms with Gasteiger partial charge in [0, 0.05) is 13.0 Å². The van der Waals surface area contributed by atoms with Crippen molar-refractivity contribution >= 4 is 5.97 Å². The van der Waals surface area contributed by atoms with E-state index in [2.05, 4.69) is 10.1 Å². The number of nitrogens with zero attached hydrogens (tertiary/aromatic N) is 3. The van der Waals surface area contributed by atoms with Crippen LogP contribution >= 0.6 is 0 Å². The van der Waals surface area contributed by atoms with Crippen LogP contribution in [0.15, 0.2) is 0 Å². The van der Waals surface area contributed by atoms with E-state index < -0.39 is 12.0 Å². The van der Waals surface area contributed by atoms with E-state index in [1.54, 1.807) is 0 Å². The van der Waals surface area contributed by atoms with Crippen molar-refractivity contribution in [3.05, 3.63) is 5.82 Å². The Kier molecular flexibility index (Phi) is 2.08. The highest BCUT2D eigenvalue weighted by Gasteiger charge is 2.23. The fourth-order valence-electron chi connectivity index (χ4n) is 1.22. The van der Waals surface area contributed by atoms with Crippen LogP contribution < -0.4 is 10.5 Å². The molecule has 7 heteroatoms. The second-order valence-corrected chi connectivity index (χ2v) is 2.99. The number of fused-ring (bicyclic) bond motifs is 1. The number of aryl methyl sites for hydroxylation is 1. The quantitative estimate of drug-likeness (QED) is 0.641. The van der Waals surface area contributed by atoms with E-state index in [1.165, 1.54) is 4.68 Å². The molecule has 2 heterocycles. The fraction of sp³-hybridized carbons (Fsp3) is 0.571. The van der Waals surface area contributed by atoms with Gasteiger partial charge < -0.3 is 15.6 Å². The minimum absolute atomic E-state index is 0.0920. The monoisotopic (exact) mass is 198 g/mol. The molecule has 1 aliphatic heterocycles. The van der Waals surface area contributed by atoms with Gasteiger partial charge in [-0.05, 0) is 0 Å². The van der Waals surface area contributed by atoms with Crippen LogP contribution in [0.3, 0.4) is 0 Å². The van der Waals surface area contributed by atoms with Crippen molar-refractivity contribution in [2.24, 2.45) is 5.73 Å². The predicted molar refractivity (Wildman–Crippen MR) is 44.7 cm³/mol. The van der Waals surface area contributed by atoms with Crippen LogP contribution in [0.2, 0.25) is 0 Å². The first kappa shape index (κ1) is 8.95. The molecule has 2 rings (SSSR count). The molecular formula is C7H10N4O3. The van der Waals surface area contributed by atoms with Crippen LogP contribution in [-0.4, -0.2) is 32.4 Å². The third-order valence-corrected chi connectivity index (χ3v) is 1.94. The molecule has 1 unspecified atom stereocenters. The summed E-state index contributed by atoms with van der Waals surface area (Å²) in [4.78, 5) is 14.5. The topological polar surface area (TPSA) is 103 Å². The van der Waals surface area contributed by atoms with Crippen molar-refractivity contribution in [2.45, 2.75) is 19.0 Å². The maximum absolute atomic E-state index is 10.6. The van der Waals surface area contributed by atoms with Gasteiger partial charge in [-0.25, -0.2) is 4.68 Å². The second-order valence-electron chi connectivity index (χ2n) is 2.99. The Labute approximate surface area is 79.5 Å². The summed E-state index contributed by atoms with van der Waals surface area (Å²) >= 11 is 0. The second kappa shape index (κ2) is 3.26. The van der Waals surface area contributed by atoms with Crippen molar-refractivity contribution in [2.75, 3.05) is 6.61 Å². The zero-order valence-corrected chi connectivity index (χ0v) is 7.38. The average molecular weight is 198 g/mol. The maximum Gasteiger partial charge on any atom is 0.328 e. The van der Waals surface area contributed by atoms with E-state index in [9.17, 15) is 4.79 Å². The summed E-state index contributed by atoms with van der Waals surface area (Å²) in [6.07, 6.45) is 0.845. The number of aromatic nitrogens is 3. The SMILES string of the molecule is NC(C(=O)O)c1nc2n(n1)CCCO2. The minimum atomic E-state index is -1.18. The smallest absolute Gasteiger partial charge is 0.328 e. The molecule has 0 saturated carbocycles. The molecule has 76 valence electrons. The molecule has 0 spiro atoms. The van der Waals surface area contributed by atoms with E-state index in [-0.39, 0.29) is 5.82 Å². The first-order valence-corrected chi connectivity index (χ1v) is 4.24. The summed E-state index contributed by atoms with van der Waals surface area (Å²) in [6.45, 7) is 1.27. The molecule has 0 aliphatic carbocycles. The molecule has 1 aliphatic rings. The minimum Gasteiger partial charge on any atom is -0.480 e. The van der Waals surface area contributed by atoms with Gasteiger partial charge >= 0.3 is 12.0 Å². The number of nitrogens with two attached hydrogens (primary N) is 1. The normalized spacial score (nSPS) is 16.9. The van der Waals surface area contributed by atoms with Crippen LogP contribution in [0.4, 0.5) is 0 Å². The van der Waals surface area contributed by atoms with Gasteiger partial charge in [-0.3, -0.25) is 4.79 Å². The molecule has 7 nitrogen and oxygen atoms in total. The lowest BCUT2D eigenvalue weighted by atomic mass is 10.3. The average Bonchev–Trinajstić information content (AvgIpc) is 2.59. The fourth-order valence-corrected chi connectivity index (χ4v) is 1.22. The van der Waals surface area contributed by atoms with E-state index in [0.29, 0.717) is 19.2 Å². The van der Waals surface area contributed by atoms with Crippen LogP contribution in [0.1, 0.15) is 18.3 Å². The molecule has 1 atom stereocenters.